The number of hydrogen-bond donors (Lipinski definition) is 1. The molecule has 24 heavy (non-hydrogen) atoms. The Hall–Kier alpha value is -2.63. The number of hydrogen-bond acceptors (Lipinski definition) is 4. The highest BCUT2D eigenvalue weighted by molar-refractivity contribution is 5.88. The molecule has 0 saturated carbocycles. The second kappa shape index (κ2) is 6.47. The Kier molecular flexibility index (Phi) is 4.38. The third-order valence-corrected chi connectivity index (χ3v) is 3.90. The quantitative estimate of drug-likeness (QED) is 0.614. The van der Waals surface area contributed by atoms with Crippen molar-refractivity contribution < 1.29 is 4.52 Å². The maximum atomic E-state index is 5.69. The van der Waals surface area contributed by atoms with E-state index >= 15 is 0 Å². The van der Waals surface area contributed by atoms with Crippen molar-refractivity contribution in [3.05, 3.63) is 66.1 Å². The van der Waals surface area contributed by atoms with Crippen LogP contribution in [0, 0.1) is 6.92 Å². The zero-order chi connectivity index (χ0) is 15.8. The van der Waals surface area contributed by atoms with Gasteiger partial charge in [-0.1, -0.05) is 35.5 Å². The first-order valence-electron chi connectivity index (χ1n) is 7.47. The molecule has 0 atom stereocenters. The lowest BCUT2D eigenvalue weighted by atomic mass is 10.2. The molecule has 0 spiro atoms. The predicted octanol–water partition coefficient (Wildman–Crippen LogP) is 3.87. The van der Waals surface area contributed by atoms with Crippen molar-refractivity contribution in [3.8, 4) is 17.2 Å². The Labute approximate surface area is 145 Å². The van der Waals surface area contributed by atoms with Gasteiger partial charge in [0.2, 0.25) is 11.7 Å². The van der Waals surface area contributed by atoms with Crippen LogP contribution in [-0.2, 0) is 6.54 Å². The molecule has 0 amide bonds. The van der Waals surface area contributed by atoms with Gasteiger partial charge < -0.3 is 14.8 Å². The molecular weight excluding hydrogens is 324 g/mol. The number of fused-ring (bicyclic) bond motifs is 1. The summed E-state index contributed by atoms with van der Waals surface area (Å²) < 4.78 is 7.29. The summed E-state index contributed by atoms with van der Waals surface area (Å²) in [5.41, 5.74) is 9.84. The largest absolute Gasteiger partial charge is 0.339 e. The molecule has 0 radical (unpaired) electrons. The van der Waals surface area contributed by atoms with E-state index in [1.165, 1.54) is 0 Å². The number of rotatable bonds is 3. The number of aromatic nitrogens is 3. The maximum Gasteiger partial charge on any atom is 0.223 e. The van der Waals surface area contributed by atoms with E-state index < -0.39 is 0 Å². The van der Waals surface area contributed by atoms with Crippen molar-refractivity contribution in [1.29, 1.82) is 0 Å². The summed E-state index contributed by atoms with van der Waals surface area (Å²) in [6.45, 7) is 2.32. The monoisotopic (exact) mass is 340 g/mol. The van der Waals surface area contributed by atoms with E-state index in [1.54, 1.807) is 6.92 Å². The third-order valence-electron chi connectivity index (χ3n) is 3.90. The van der Waals surface area contributed by atoms with Crippen molar-refractivity contribution in [3.63, 3.8) is 0 Å². The lowest BCUT2D eigenvalue weighted by Gasteiger charge is -2.09. The number of halogens is 1. The summed E-state index contributed by atoms with van der Waals surface area (Å²) in [7, 11) is 0. The molecule has 0 aliphatic heterocycles. The zero-order valence-corrected chi connectivity index (χ0v) is 14.0. The van der Waals surface area contributed by atoms with Crippen LogP contribution in [0.5, 0.6) is 0 Å². The highest BCUT2D eigenvalue weighted by Crippen LogP contribution is 2.30. The van der Waals surface area contributed by atoms with Gasteiger partial charge in [0.1, 0.15) is 0 Å². The van der Waals surface area contributed by atoms with E-state index in [4.69, 9.17) is 10.3 Å². The highest BCUT2D eigenvalue weighted by atomic mass is 35.5. The Morgan fingerprint density at radius 1 is 1.08 bits per heavy atom. The Bertz CT molecular complexity index is 972. The number of aryl methyl sites for hydroxylation is 1. The smallest absolute Gasteiger partial charge is 0.223 e. The Morgan fingerprint density at radius 2 is 1.83 bits per heavy atom. The average molecular weight is 341 g/mol. The van der Waals surface area contributed by atoms with Crippen LogP contribution < -0.4 is 5.73 Å². The van der Waals surface area contributed by atoms with Gasteiger partial charge in [-0.05, 0) is 29.8 Å². The molecule has 2 aromatic carbocycles. The Balaban J connectivity index is 0.00000169. The average Bonchev–Trinajstić information content (AvgIpc) is 3.18. The van der Waals surface area contributed by atoms with E-state index in [-0.39, 0.29) is 12.4 Å². The van der Waals surface area contributed by atoms with Crippen LogP contribution in [0.15, 0.2) is 59.1 Å². The first kappa shape index (κ1) is 16.2. The van der Waals surface area contributed by atoms with E-state index in [2.05, 4.69) is 45.0 Å². The van der Waals surface area contributed by atoms with Crippen molar-refractivity contribution in [1.82, 2.24) is 14.7 Å². The van der Waals surface area contributed by atoms with Crippen LogP contribution in [0.2, 0.25) is 0 Å². The summed E-state index contributed by atoms with van der Waals surface area (Å²) in [5, 5.41) is 5.21. The molecule has 0 fully saturated rings. The molecule has 4 rings (SSSR count). The molecule has 6 heteroatoms. The molecule has 0 saturated heterocycles. The molecule has 0 unspecified atom stereocenters. The molecule has 122 valence electrons. The van der Waals surface area contributed by atoms with Crippen LogP contribution in [0.1, 0.15) is 11.5 Å². The van der Waals surface area contributed by atoms with Crippen molar-refractivity contribution in [2.75, 3.05) is 0 Å². The molecule has 2 aromatic heterocycles. The van der Waals surface area contributed by atoms with Crippen molar-refractivity contribution in [2.45, 2.75) is 13.5 Å². The SMILES string of the molecule is Cc1nc(-c2cc3ccccc3n2-c2ccc(CN)cc2)no1.Cl. The molecule has 0 bridgehead atoms. The van der Waals surface area contributed by atoms with Gasteiger partial charge in [0.05, 0.1) is 11.2 Å². The summed E-state index contributed by atoms with van der Waals surface area (Å²) >= 11 is 0. The molecule has 0 aliphatic carbocycles. The molecule has 2 heterocycles. The van der Waals surface area contributed by atoms with E-state index in [0.29, 0.717) is 18.3 Å². The summed E-state index contributed by atoms with van der Waals surface area (Å²) in [6, 6.07) is 18.5. The van der Waals surface area contributed by atoms with Gasteiger partial charge in [-0.15, -0.1) is 12.4 Å². The minimum Gasteiger partial charge on any atom is -0.339 e. The first-order chi connectivity index (χ1) is 11.3. The molecule has 4 aromatic rings. The number of benzene rings is 2. The summed E-state index contributed by atoms with van der Waals surface area (Å²) in [6.07, 6.45) is 0. The topological polar surface area (TPSA) is 69.9 Å². The fraction of sp³-hybridized carbons (Fsp3) is 0.111. The first-order valence-corrected chi connectivity index (χ1v) is 7.47. The maximum absolute atomic E-state index is 5.69. The van der Waals surface area contributed by atoms with Crippen LogP contribution >= 0.6 is 12.4 Å². The lowest BCUT2D eigenvalue weighted by molar-refractivity contribution is 0.394. The lowest BCUT2D eigenvalue weighted by Crippen LogP contribution is -2.00. The van der Waals surface area contributed by atoms with Gasteiger partial charge in [0.15, 0.2) is 0 Å². The highest BCUT2D eigenvalue weighted by Gasteiger charge is 2.16. The molecule has 0 aliphatic rings. The van der Waals surface area contributed by atoms with Crippen LogP contribution in [0.25, 0.3) is 28.1 Å². The van der Waals surface area contributed by atoms with Gasteiger partial charge in [0, 0.05) is 24.5 Å². The second-order valence-electron chi connectivity index (χ2n) is 5.43. The van der Waals surface area contributed by atoms with E-state index in [1.807, 2.05) is 24.3 Å². The number of para-hydroxylation sites is 1. The van der Waals surface area contributed by atoms with Crippen LogP contribution in [-0.4, -0.2) is 14.7 Å². The van der Waals surface area contributed by atoms with Gasteiger partial charge in [0.25, 0.3) is 0 Å². The normalized spacial score (nSPS) is 10.8. The molecule has 2 N–H and O–H groups in total. The molecule has 5 nitrogen and oxygen atoms in total. The fourth-order valence-corrected chi connectivity index (χ4v) is 2.78. The van der Waals surface area contributed by atoms with Crippen LogP contribution in [0.3, 0.4) is 0 Å². The van der Waals surface area contributed by atoms with Crippen molar-refractivity contribution in [2.24, 2.45) is 5.73 Å². The minimum atomic E-state index is 0. The van der Waals surface area contributed by atoms with E-state index in [9.17, 15) is 0 Å². The summed E-state index contributed by atoms with van der Waals surface area (Å²) in [4.78, 5) is 4.38. The van der Waals surface area contributed by atoms with Crippen LogP contribution in [0.4, 0.5) is 0 Å². The van der Waals surface area contributed by atoms with E-state index in [0.717, 1.165) is 27.8 Å². The van der Waals surface area contributed by atoms with Crippen molar-refractivity contribution >= 4 is 23.3 Å². The van der Waals surface area contributed by atoms with Gasteiger partial charge in [-0.3, -0.25) is 0 Å². The third kappa shape index (κ3) is 2.68. The minimum absolute atomic E-state index is 0. The predicted molar refractivity (Wildman–Crippen MR) is 96.4 cm³/mol. The van der Waals surface area contributed by atoms with Gasteiger partial charge in [-0.2, -0.15) is 4.98 Å². The molecular formula is C18H17ClN4O. The summed E-state index contributed by atoms with van der Waals surface area (Å²) in [5.74, 6) is 1.14. The Morgan fingerprint density at radius 3 is 2.50 bits per heavy atom. The number of nitrogens with two attached hydrogens (primary N) is 1. The van der Waals surface area contributed by atoms with Gasteiger partial charge >= 0.3 is 0 Å². The standard InChI is InChI=1S/C18H16N4O.ClH/c1-12-20-18(21-23-12)17-10-14-4-2-3-5-16(14)22(17)15-8-6-13(11-19)7-9-15;/h2-10H,11,19H2,1H3;1H. The zero-order valence-electron chi connectivity index (χ0n) is 13.1. The van der Waals surface area contributed by atoms with Gasteiger partial charge in [-0.25, -0.2) is 0 Å². The second-order valence-corrected chi connectivity index (χ2v) is 5.43. The number of nitrogens with zero attached hydrogens (tertiary/aromatic N) is 3. The fourth-order valence-electron chi connectivity index (χ4n) is 2.78.